The molecule has 1 atom stereocenters. The summed E-state index contributed by atoms with van der Waals surface area (Å²) in [5.41, 5.74) is -0.287. The predicted octanol–water partition coefficient (Wildman–Crippen LogP) is 1.54. The number of rotatable bonds is 0. The first-order chi connectivity index (χ1) is 4.39. The SMILES string of the molecule is OC1CCCCCOS1. The van der Waals surface area contributed by atoms with Crippen molar-refractivity contribution in [2.24, 2.45) is 0 Å². The summed E-state index contributed by atoms with van der Waals surface area (Å²) >= 11 is 1.21. The predicted molar refractivity (Wildman–Crippen MR) is 38.0 cm³/mol. The van der Waals surface area contributed by atoms with Crippen LogP contribution in [0.1, 0.15) is 25.7 Å². The number of aliphatic hydroxyl groups is 1. The Hall–Kier alpha value is 0.270. The largest absolute Gasteiger partial charge is 0.380 e. The summed E-state index contributed by atoms with van der Waals surface area (Å²) in [6, 6.07) is 0. The second-order valence-electron chi connectivity index (χ2n) is 2.22. The maximum absolute atomic E-state index is 9.05. The number of aliphatic hydroxyl groups excluding tert-OH is 1. The van der Waals surface area contributed by atoms with Crippen molar-refractivity contribution in [3.63, 3.8) is 0 Å². The van der Waals surface area contributed by atoms with E-state index in [-0.39, 0.29) is 5.44 Å². The number of hydrogen-bond donors (Lipinski definition) is 1. The van der Waals surface area contributed by atoms with Crippen molar-refractivity contribution >= 4 is 12.0 Å². The van der Waals surface area contributed by atoms with Gasteiger partial charge in [-0.3, -0.25) is 0 Å². The molecule has 1 saturated heterocycles. The molecule has 1 heterocycles. The molecule has 9 heavy (non-hydrogen) atoms. The quantitative estimate of drug-likeness (QED) is 0.528. The Morgan fingerprint density at radius 3 is 3.11 bits per heavy atom. The van der Waals surface area contributed by atoms with Gasteiger partial charge in [-0.1, -0.05) is 6.42 Å². The molecule has 1 rings (SSSR count). The molecule has 1 fully saturated rings. The van der Waals surface area contributed by atoms with Crippen molar-refractivity contribution < 1.29 is 9.29 Å². The molecular weight excluding hydrogens is 136 g/mol. The van der Waals surface area contributed by atoms with Gasteiger partial charge in [0.05, 0.1) is 6.61 Å². The van der Waals surface area contributed by atoms with Crippen LogP contribution >= 0.6 is 12.0 Å². The molecule has 0 aromatic carbocycles. The second-order valence-corrected chi connectivity index (χ2v) is 3.19. The molecule has 0 spiro atoms. The van der Waals surface area contributed by atoms with Gasteiger partial charge in [-0.15, -0.1) is 0 Å². The van der Waals surface area contributed by atoms with Crippen molar-refractivity contribution in [3.8, 4) is 0 Å². The van der Waals surface area contributed by atoms with E-state index < -0.39 is 0 Å². The third-order valence-corrected chi connectivity index (χ3v) is 2.12. The van der Waals surface area contributed by atoms with E-state index in [1.807, 2.05) is 0 Å². The standard InChI is InChI=1S/C6H12O2S/c7-6-4-2-1-3-5-8-9-6/h6-7H,1-5H2. The topological polar surface area (TPSA) is 29.5 Å². The molecule has 2 nitrogen and oxygen atoms in total. The monoisotopic (exact) mass is 148 g/mol. The summed E-state index contributed by atoms with van der Waals surface area (Å²) in [7, 11) is 0. The lowest BCUT2D eigenvalue weighted by molar-refractivity contribution is 0.218. The molecule has 0 aromatic rings. The average Bonchev–Trinajstić information content (AvgIpc) is 1.79. The van der Waals surface area contributed by atoms with Crippen molar-refractivity contribution in [1.29, 1.82) is 0 Å². The van der Waals surface area contributed by atoms with Crippen molar-refractivity contribution in [2.45, 2.75) is 31.1 Å². The highest BCUT2D eigenvalue weighted by molar-refractivity contribution is 7.95. The van der Waals surface area contributed by atoms with Gasteiger partial charge in [0.25, 0.3) is 0 Å². The van der Waals surface area contributed by atoms with Crippen LogP contribution in [0.15, 0.2) is 0 Å². The van der Waals surface area contributed by atoms with Crippen LogP contribution in [0.5, 0.6) is 0 Å². The molecule has 1 aliphatic heterocycles. The minimum Gasteiger partial charge on any atom is -0.380 e. The van der Waals surface area contributed by atoms with Crippen LogP contribution in [-0.2, 0) is 4.18 Å². The second kappa shape index (κ2) is 4.14. The zero-order valence-electron chi connectivity index (χ0n) is 5.38. The van der Waals surface area contributed by atoms with Crippen molar-refractivity contribution in [2.75, 3.05) is 6.61 Å². The Labute approximate surface area is 59.8 Å². The van der Waals surface area contributed by atoms with E-state index in [0.29, 0.717) is 0 Å². The van der Waals surface area contributed by atoms with Gasteiger partial charge in [-0.2, -0.15) is 0 Å². The van der Waals surface area contributed by atoms with Crippen LogP contribution in [0.4, 0.5) is 0 Å². The molecule has 0 aliphatic carbocycles. The van der Waals surface area contributed by atoms with Crippen molar-refractivity contribution in [3.05, 3.63) is 0 Å². The zero-order chi connectivity index (χ0) is 6.53. The van der Waals surface area contributed by atoms with Gasteiger partial charge in [0.1, 0.15) is 5.44 Å². The Kier molecular flexibility index (Phi) is 3.40. The summed E-state index contributed by atoms with van der Waals surface area (Å²) in [5.74, 6) is 0. The van der Waals surface area contributed by atoms with Gasteiger partial charge < -0.3 is 9.29 Å². The summed E-state index contributed by atoms with van der Waals surface area (Å²) in [6.07, 6.45) is 4.35. The van der Waals surface area contributed by atoms with E-state index in [1.165, 1.54) is 18.5 Å². The summed E-state index contributed by atoms with van der Waals surface area (Å²) in [5, 5.41) is 9.05. The van der Waals surface area contributed by atoms with Gasteiger partial charge in [0.15, 0.2) is 0 Å². The van der Waals surface area contributed by atoms with Crippen LogP contribution in [0.25, 0.3) is 0 Å². The van der Waals surface area contributed by atoms with E-state index in [9.17, 15) is 0 Å². The van der Waals surface area contributed by atoms with Crippen LogP contribution in [0.2, 0.25) is 0 Å². The highest BCUT2D eigenvalue weighted by Gasteiger charge is 2.07. The minimum atomic E-state index is -0.287. The van der Waals surface area contributed by atoms with Crippen LogP contribution < -0.4 is 0 Å². The van der Waals surface area contributed by atoms with E-state index in [0.717, 1.165) is 25.9 Å². The molecule has 1 aliphatic rings. The first-order valence-corrected chi connectivity index (χ1v) is 4.16. The Morgan fingerprint density at radius 1 is 1.33 bits per heavy atom. The fourth-order valence-electron chi connectivity index (χ4n) is 0.831. The summed E-state index contributed by atoms with van der Waals surface area (Å²) < 4.78 is 5.05. The fourth-order valence-corrected chi connectivity index (χ4v) is 1.47. The maximum atomic E-state index is 9.05. The van der Waals surface area contributed by atoms with Crippen LogP contribution in [0, 0.1) is 0 Å². The normalized spacial score (nSPS) is 31.0. The van der Waals surface area contributed by atoms with Gasteiger partial charge in [-0.25, -0.2) is 0 Å². The van der Waals surface area contributed by atoms with Gasteiger partial charge in [-0.05, 0) is 19.3 Å². The van der Waals surface area contributed by atoms with E-state index in [1.54, 1.807) is 0 Å². The molecule has 54 valence electrons. The van der Waals surface area contributed by atoms with Gasteiger partial charge >= 0.3 is 0 Å². The molecule has 1 N–H and O–H groups in total. The third-order valence-electron chi connectivity index (χ3n) is 1.36. The zero-order valence-corrected chi connectivity index (χ0v) is 6.19. The number of hydrogen-bond acceptors (Lipinski definition) is 3. The van der Waals surface area contributed by atoms with Gasteiger partial charge in [0, 0.05) is 12.0 Å². The Balaban J connectivity index is 2.12. The molecular formula is C6H12O2S. The lowest BCUT2D eigenvalue weighted by Gasteiger charge is -2.12. The van der Waals surface area contributed by atoms with Gasteiger partial charge in [0.2, 0.25) is 0 Å². The van der Waals surface area contributed by atoms with E-state index in [4.69, 9.17) is 9.29 Å². The van der Waals surface area contributed by atoms with E-state index in [2.05, 4.69) is 0 Å². The molecule has 1 unspecified atom stereocenters. The summed E-state index contributed by atoms with van der Waals surface area (Å²) in [4.78, 5) is 0. The fraction of sp³-hybridized carbons (Fsp3) is 1.00. The Bertz CT molecular complexity index is 69.5. The third kappa shape index (κ3) is 3.08. The molecule has 0 saturated carbocycles. The highest BCUT2D eigenvalue weighted by Crippen LogP contribution is 2.19. The summed E-state index contributed by atoms with van der Waals surface area (Å²) in [6.45, 7) is 0.793. The molecule has 0 amide bonds. The molecule has 0 bridgehead atoms. The lowest BCUT2D eigenvalue weighted by atomic mass is 10.2. The minimum absolute atomic E-state index is 0.287. The molecule has 0 aromatic heterocycles. The first-order valence-electron chi connectivity index (χ1n) is 3.36. The lowest BCUT2D eigenvalue weighted by Crippen LogP contribution is -2.05. The Morgan fingerprint density at radius 2 is 2.22 bits per heavy atom. The average molecular weight is 148 g/mol. The smallest absolute Gasteiger partial charge is 0.125 e. The van der Waals surface area contributed by atoms with E-state index >= 15 is 0 Å². The molecule has 0 radical (unpaired) electrons. The maximum Gasteiger partial charge on any atom is 0.125 e. The van der Waals surface area contributed by atoms with Crippen molar-refractivity contribution in [1.82, 2.24) is 0 Å². The molecule has 3 heteroatoms. The first kappa shape index (κ1) is 7.38. The highest BCUT2D eigenvalue weighted by atomic mass is 32.2. The van der Waals surface area contributed by atoms with Crippen LogP contribution in [0.3, 0.4) is 0 Å². The van der Waals surface area contributed by atoms with Crippen LogP contribution in [-0.4, -0.2) is 17.1 Å².